The Morgan fingerprint density at radius 3 is 2.14 bits per heavy atom. The minimum Gasteiger partial charge on any atom is -0.506 e. The maximum Gasteiger partial charge on any atom is 0.149 e. The van der Waals surface area contributed by atoms with Crippen molar-refractivity contribution in [1.29, 1.82) is 0 Å². The third kappa shape index (κ3) is 1.69. The van der Waals surface area contributed by atoms with Gasteiger partial charge >= 0.3 is 0 Å². The van der Waals surface area contributed by atoms with Crippen LogP contribution in [0.15, 0.2) is 0 Å². The molecule has 0 aliphatic heterocycles. The normalized spacial score (nSPS) is 11.1. The van der Waals surface area contributed by atoms with Crippen LogP contribution in [0.1, 0.15) is 30.9 Å². The second kappa shape index (κ2) is 3.95. The van der Waals surface area contributed by atoms with Gasteiger partial charge in [-0.15, -0.1) is 0 Å². The SMILES string of the molecule is Cc1c(Cl)c(O)c(C(C)C)c(F)c1Cl. The summed E-state index contributed by atoms with van der Waals surface area (Å²) in [7, 11) is 0. The quantitative estimate of drug-likeness (QED) is 0.723. The third-order valence-electron chi connectivity index (χ3n) is 2.13. The van der Waals surface area contributed by atoms with E-state index in [0.717, 1.165) is 0 Å². The molecule has 0 saturated carbocycles. The van der Waals surface area contributed by atoms with Crippen LogP contribution in [-0.2, 0) is 0 Å². The Morgan fingerprint density at radius 2 is 1.71 bits per heavy atom. The van der Waals surface area contributed by atoms with E-state index in [0.29, 0.717) is 5.56 Å². The maximum absolute atomic E-state index is 13.6. The molecule has 0 unspecified atom stereocenters. The molecule has 1 N–H and O–H groups in total. The molecule has 1 rings (SSSR count). The van der Waals surface area contributed by atoms with Crippen LogP contribution < -0.4 is 0 Å². The Hall–Kier alpha value is -0.470. The molecule has 0 aromatic heterocycles. The number of hydrogen-bond donors (Lipinski definition) is 1. The highest BCUT2D eigenvalue weighted by Gasteiger charge is 2.21. The third-order valence-corrected chi connectivity index (χ3v) is 3.04. The summed E-state index contributed by atoms with van der Waals surface area (Å²) < 4.78 is 13.6. The van der Waals surface area contributed by atoms with E-state index in [4.69, 9.17) is 23.2 Å². The second-order valence-corrected chi connectivity index (χ2v) is 4.24. The minimum absolute atomic E-state index is 0.0171. The first-order chi connectivity index (χ1) is 6.37. The van der Waals surface area contributed by atoms with Gasteiger partial charge in [-0.05, 0) is 18.4 Å². The van der Waals surface area contributed by atoms with Crippen LogP contribution in [0.2, 0.25) is 10.0 Å². The predicted octanol–water partition coefficient (Wildman–Crippen LogP) is 4.27. The molecule has 0 aliphatic rings. The van der Waals surface area contributed by atoms with Crippen LogP contribution in [0, 0.1) is 12.7 Å². The van der Waals surface area contributed by atoms with E-state index >= 15 is 0 Å². The Bertz CT molecular complexity index is 346. The number of rotatable bonds is 1. The largest absolute Gasteiger partial charge is 0.506 e. The number of phenolic OH excluding ortho intramolecular Hbond substituents is 1. The van der Waals surface area contributed by atoms with Crippen molar-refractivity contribution < 1.29 is 9.50 Å². The molecule has 0 spiro atoms. The number of halogens is 3. The Labute approximate surface area is 92.5 Å². The minimum atomic E-state index is -0.582. The van der Waals surface area contributed by atoms with Gasteiger partial charge < -0.3 is 5.11 Å². The zero-order valence-corrected chi connectivity index (χ0v) is 9.67. The maximum atomic E-state index is 13.6. The van der Waals surface area contributed by atoms with Gasteiger partial charge in [0.2, 0.25) is 0 Å². The molecular formula is C10H11Cl2FO. The van der Waals surface area contributed by atoms with Crippen molar-refractivity contribution in [1.82, 2.24) is 0 Å². The fraction of sp³-hybridized carbons (Fsp3) is 0.400. The molecule has 0 aliphatic carbocycles. The highest BCUT2D eigenvalue weighted by molar-refractivity contribution is 6.37. The summed E-state index contributed by atoms with van der Waals surface area (Å²) in [6.45, 7) is 5.10. The molecule has 14 heavy (non-hydrogen) atoms. The highest BCUT2D eigenvalue weighted by atomic mass is 35.5. The van der Waals surface area contributed by atoms with Gasteiger partial charge in [0.05, 0.1) is 10.0 Å². The summed E-state index contributed by atoms with van der Waals surface area (Å²) in [6.07, 6.45) is 0. The molecule has 0 saturated heterocycles. The molecule has 0 bridgehead atoms. The van der Waals surface area contributed by atoms with Crippen molar-refractivity contribution in [3.63, 3.8) is 0 Å². The summed E-state index contributed by atoms with van der Waals surface area (Å²) in [5.41, 5.74) is 0.540. The summed E-state index contributed by atoms with van der Waals surface area (Å²) in [4.78, 5) is 0. The average molecular weight is 237 g/mol. The van der Waals surface area contributed by atoms with E-state index in [1.54, 1.807) is 20.8 Å². The zero-order valence-electron chi connectivity index (χ0n) is 8.16. The molecule has 0 radical (unpaired) electrons. The lowest BCUT2D eigenvalue weighted by Crippen LogP contribution is -1.98. The van der Waals surface area contributed by atoms with Crippen molar-refractivity contribution in [2.75, 3.05) is 0 Å². The lowest BCUT2D eigenvalue weighted by atomic mass is 9.99. The Kier molecular flexibility index (Phi) is 3.28. The van der Waals surface area contributed by atoms with Gasteiger partial charge in [0.1, 0.15) is 11.6 Å². The number of aromatic hydroxyl groups is 1. The lowest BCUT2D eigenvalue weighted by molar-refractivity contribution is 0.453. The summed E-state index contributed by atoms with van der Waals surface area (Å²) >= 11 is 11.5. The van der Waals surface area contributed by atoms with Crippen LogP contribution in [0.4, 0.5) is 4.39 Å². The second-order valence-electron chi connectivity index (χ2n) is 3.48. The summed E-state index contributed by atoms with van der Waals surface area (Å²) in [5, 5.41) is 9.73. The summed E-state index contributed by atoms with van der Waals surface area (Å²) in [6, 6.07) is 0. The van der Waals surface area contributed by atoms with E-state index in [9.17, 15) is 9.50 Å². The van der Waals surface area contributed by atoms with Gasteiger partial charge in [0.15, 0.2) is 0 Å². The van der Waals surface area contributed by atoms with E-state index < -0.39 is 5.82 Å². The van der Waals surface area contributed by atoms with Crippen molar-refractivity contribution in [2.45, 2.75) is 26.7 Å². The first-order valence-electron chi connectivity index (χ1n) is 4.23. The standard InChI is InChI=1S/C10H11Cl2FO/c1-4(2)6-9(13)7(11)5(3)8(12)10(6)14/h4,14H,1-3H3. The van der Waals surface area contributed by atoms with E-state index in [1.807, 2.05) is 0 Å². The fourth-order valence-corrected chi connectivity index (χ4v) is 1.75. The first kappa shape index (κ1) is 11.6. The smallest absolute Gasteiger partial charge is 0.149 e. The lowest BCUT2D eigenvalue weighted by Gasteiger charge is -2.14. The molecule has 4 heteroatoms. The van der Waals surface area contributed by atoms with Crippen molar-refractivity contribution in [3.05, 3.63) is 27.0 Å². The van der Waals surface area contributed by atoms with Crippen LogP contribution in [-0.4, -0.2) is 5.11 Å². The van der Waals surface area contributed by atoms with Crippen LogP contribution >= 0.6 is 23.2 Å². The Balaban J connectivity index is 3.60. The monoisotopic (exact) mass is 236 g/mol. The topological polar surface area (TPSA) is 20.2 Å². The van der Waals surface area contributed by atoms with Gasteiger partial charge in [0.25, 0.3) is 0 Å². The first-order valence-corrected chi connectivity index (χ1v) is 4.99. The van der Waals surface area contributed by atoms with Crippen LogP contribution in [0.5, 0.6) is 5.75 Å². The van der Waals surface area contributed by atoms with Crippen molar-refractivity contribution >= 4 is 23.2 Å². The number of benzene rings is 1. The molecule has 0 atom stereocenters. The van der Waals surface area contributed by atoms with Gasteiger partial charge in [-0.1, -0.05) is 37.0 Å². The number of hydrogen-bond acceptors (Lipinski definition) is 1. The van der Waals surface area contributed by atoms with E-state index in [1.165, 1.54) is 0 Å². The number of phenols is 1. The molecule has 1 aromatic carbocycles. The molecule has 78 valence electrons. The van der Waals surface area contributed by atoms with Crippen molar-refractivity contribution in [3.8, 4) is 5.75 Å². The van der Waals surface area contributed by atoms with Gasteiger partial charge in [-0.3, -0.25) is 0 Å². The van der Waals surface area contributed by atoms with Gasteiger partial charge in [-0.2, -0.15) is 0 Å². The molecule has 0 fully saturated rings. The van der Waals surface area contributed by atoms with Gasteiger partial charge in [0, 0.05) is 5.56 Å². The highest BCUT2D eigenvalue weighted by Crippen LogP contribution is 2.41. The van der Waals surface area contributed by atoms with Crippen LogP contribution in [0.25, 0.3) is 0 Å². The average Bonchev–Trinajstić information content (AvgIpc) is 2.11. The fourth-order valence-electron chi connectivity index (χ4n) is 1.31. The predicted molar refractivity (Wildman–Crippen MR) is 56.9 cm³/mol. The molecule has 0 amide bonds. The van der Waals surface area contributed by atoms with Crippen molar-refractivity contribution in [2.24, 2.45) is 0 Å². The molecule has 0 heterocycles. The molecular weight excluding hydrogens is 226 g/mol. The molecule has 1 aromatic rings. The van der Waals surface area contributed by atoms with Crippen LogP contribution in [0.3, 0.4) is 0 Å². The summed E-state index contributed by atoms with van der Waals surface area (Å²) in [5.74, 6) is -0.951. The van der Waals surface area contributed by atoms with E-state index in [2.05, 4.69) is 0 Å². The van der Waals surface area contributed by atoms with Gasteiger partial charge in [-0.25, -0.2) is 4.39 Å². The Morgan fingerprint density at radius 1 is 1.21 bits per heavy atom. The van der Waals surface area contributed by atoms with E-state index in [-0.39, 0.29) is 27.3 Å². The molecule has 1 nitrogen and oxygen atoms in total. The zero-order chi connectivity index (χ0) is 11.0.